The van der Waals surface area contributed by atoms with Crippen LogP contribution in [0.4, 0.5) is 19.0 Å². The quantitative estimate of drug-likeness (QED) is 0.376. The van der Waals surface area contributed by atoms with E-state index in [-0.39, 0.29) is 24.6 Å². The number of anilines is 1. The number of nitrogen functional groups attached to an aromatic ring is 1. The van der Waals surface area contributed by atoms with E-state index in [0.29, 0.717) is 40.4 Å². The molecule has 37 heavy (non-hydrogen) atoms. The molecule has 0 amide bonds. The van der Waals surface area contributed by atoms with Gasteiger partial charge in [0.2, 0.25) is 0 Å². The minimum absolute atomic E-state index is 0.185. The van der Waals surface area contributed by atoms with Gasteiger partial charge in [0.25, 0.3) is 5.92 Å². The summed E-state index contributed by atoms with van der Waals surface area (Å²) in [4.78, 5) is 4.37. The normalized spacial score (nSPS) is 24.5. The molecule has 10 heteroatoms. The second-order valence-corrected chi connectivity index (χ2v) is 10.4. The lowest BCUT2D eigenvalue weighted by Crippen LogP contribution is -2.16. The Morgan fingerprint density at radius 1 is 1.19 bits per heavy atom. The molecule has 2 bridgehead atoms. The number of halogens is 3. The summed E-state index contributed by atoms with van der Waals surface area (Å²) in [5.74, 6) is -3.10. The first-order valence-electron chi connectivity index (χ1n) is 12.4. The number of nitrogens with zero attached hydrogens (tertiary/aromatic N) is 5. The van der Waals surface area contributed by atoms with Gasteiger partial charge in [-0.1, -0.05) is 0 Å². The molecule has 1 aliphatic heterocycles. The minimum atomic E-state index is -2.83. The highest BCUT2D eigenvalue weighted by Gasteiger charge is 2.76. The van der Waals surface area contributed by atoms with Crippen LogP contribution in [0.15, 0.2) is 36.7 Å². The smallest absolute Gasteiger partial charge is 0.260 e. The number of aromatic nitrogens is 5. The number of benzene rings is 1. The summed E-state index contributed by atoms with van der Waals surface area (Å²) in [5.41, 5.74) is 10.2. The van der Waals surface area contributed by atoms with Gasteiger partial charge in [0, 0.05) is 66.1 Å². The first-order valence-corrected chi connectivity index (χ1v) is 12.4. The van der Waals surface area contributed by atoms with Crippen molar-refractivity contribution in [1.82, 2.24) is 24.5 Å². The van der Waals surface area contributed by atoms with Crippen molar-refractivity contribution >= 4 is 5.82 Å². The maximum absolute atomic E-state index is 15.1. The molecule has 2 aliphatic carbocycles. The summed E-state index contributed by atoms with van der Waals surface area (Å²) in [7, 11) is 1.80. The Morgan fingerprint density at radius 3 is 2.70 bits per heavy atom. The number of aryl methyl sites for hydroxylation is 2. The van der Waals surface area contributed by atoms with Crippen molar-refractivity contribution < 1.29 is 17.9 Å². The van der Waals surface area contributed by atoms with Crippen molar-refractivity contribution in [3.63, 3.8) is 0 Å². The van der Waals surface area contributed by atoms with Crippen LogP contribution in [-0.2, 0) is 19.0 Å². The molecule has 7 rings (SSSR count). The van der Waals surface area contributed by atoms with E-state index in [1.54, 1.807) is 34.7 Å². The molecule has 1 aromatic carbocycles. The van der Waals surface area contributed by atoms with E-state index in [1.807, 2.05) is 20.0 Å². The molecular formula is C27H25F3N6O. The number of nitrogens with two attached hydrogens (primary N) is 1. The molecule has 1 fully saturated rings. The molecule has 1 unspecified atom stereocenters. The number of rotatable bonds is 1. The SMILES string of the molecule is CCn1nc2c3c1-c1cnc(N)c(c1)O[C@H](C)c1cc(F)ccc1-c1nn(C)cc1[C@H]3CC21CC1(F)F. The molecule has 7 nitrogen and oxygen atoms in total. The molecule has 3 atom stereocenters. The second-order valence-electron chi connectivity index (χ2n) is 10.4. The van der Waals surface area contributed by atoms with E-state index in [0.717, 1.165) is 16.8 Å². The zero-order valence-corrected chi connectivity index (χ0v) is 20.6. The van der Waals surface area contributed by atoms with Crippen molar-refractivity contribution in [1.29, 1.82) is 0 Å². The third-order valence-electron chi connectivity index (χ3n) is 8.14. The summed E-state index contributed by atoms with van der Waals surface area (Å²) in [5, 5.41) is 9.50. The molecular weight excluding hydrogens is 481 g/mol. The van der Waals surface area contributed by atoms with Gasteiger partial charge in [-0.2, -0.15) is 10.2 Å². The lowest BCUT2D eigenvalue weighted by Gasteiger charge is -2.22. The Hall–Kier alpha value is -3.82. The Labute approximate surface area is 211 Å². The van der Waals surface area contributed by atoms with Crippen LogP contribution in [0.1, 0.15) is 61.1 Å². The van der Waals surface area contributed by atoms with Crippen LogP contribution in [-0.4, -0.2) is 30.5 Å². The number of pyridine rings is 1. The monoisotopic (exact) mass is 506 g/mol. The van der Waals surface area contributed by atoms with E-state index in [4.69, 9.17) is 20.7 Å². The maximum Gasteiger partial charge on any atom is 0.260 e. The van der Waals surface area contributed by atoms with Gasteiger partial charge >= 0.3 is 0 Å². The van der Waals surface area contributed by atoms with Gasteiger partial charge in [0.1, 0.15) is 11.9 Å². The average Bonchev–Trinajstić information content (AvgIpc) is 3.22. The van der Waals surface area contributed by atoms with Crippen LogP contribution in [0.2, 0.25) is 0 Å². The summed E-state index contributed by atoms with van der Waals surface area (Å²) in [6.45, 7) is 4.25. The lowest BCUT2D eigenvalue weighted by molar-refractivity contribution is 0.0859. The Morgan fingerprint density at radius 2 is 1.97 bits per heavy atom. The number of alkyl halides is 2. The third-order valence-corrected chi connectivity index (χ3v) is 8.14. The average molecular weight is 507 g/mol. The first kappa shape index (κ1) is 22.4. The summed E-state index contributed by atoms with van der Waals surface area (Å²) >= 11 is 0. The van der Waals surface area contributed by atoms with Crippen LogP contribution in [0.5, 0.6) is 5.75 Å². The topological polar surface area (TPSA) is 83.8 Å². The van der Waals surface area contributed by atoms with Crippen molar-refractivity contribution in [3.8, 4) is 28.3 Å². The first-order chi connectivity index (χ1) is 17.6. The molecule has 3 aromatic heterocycles. The lowest BCUT2D eigenvalue weighted by atomic mass is 9.87. The molecule has 4 aromatic rings. The fourth-order valence-electron chi connectivity index (χ4n) is 6.31. The fourth-order valence-corrected chi connectivity index (χ4v) is 6.31. The number of hydrogen-bond donors (Lipinski definition) is 1. The number of fused-ring (bicyclic) bond motifs is 8. The van der Waals surface area contributed by atoms with Crippen LogP contribution in [0, 0.1) is 5.82 Å². The van der Waals surface area contributed by atoms with Gasteiger partial charge in [-0.3, -0.25) is 9.36 Å². The van der Waals surface area contributed by atoms with Crippen molar-refractivity contribution in [2.24, 2.45) is 7.05 Å². The maximum atomic E-state index is 15.1. The van der Waals surface area contributed by atoms with E-state index >= 15 is 8.78 Å². The minimum Gasteiger partial charge on any atom is -0.482 e. The number of hydrogen-bond acceptors (Lipinski definition) is 5. The van der Waals surface area contributed by atoms with E-state index < -0.39 is 23.3 Å². The highest BCUT2D eigenvalue weighted by molar-refractivity contribution is 5.76. The summed E-state index contributed by atoms with van der Waals surface area (Å²) in [6, 6.07) is 6.26. The largest absolute Gasteiger partial charge is 0.482 e. The fraction of sp³-hybridized carbons (Fsp3) is 0.370. The predicted octanol–water partition coefficient (Wildman–Crippen LogP) is 5.35. The van der Waals surface area contributed by atoms with Crippen LogP contribution in [0.25, 0.3) is 22.5 Å². The van der Waals surface area contributed by atoms with Crippen LogP contribution < -0.4 is 10.5 Å². The van der Waals surface area contributed by atoms with Crippen LogP contribution in [0.3, 0.4) is 0 Å². The highest BCUT2D eigenvalue weighted by atomic mass is 19.3. The predicted molar refractivity (Wildman–Crippen MR) is 131 cm³/mol. The van der Waals surface area contributed by atoms with Gasteiger partial charge in [0.05, 0.1) is 22.5 Å². The van der Waals surface area contributed by atoms with E-state index in [2.05, 4.69) is 4.98 Å². The van der Waals surface area contributed by atoms with E-state index in [9.17, 15) is 4.39 Å². The number of ether oxygens (including phenoxy) is 1. The summed E-state index contributed by atoms with van der Waals surface area (Å²) in [6.07, 6.45) is 2.92. The highest BCUT2D eigenvalue weighted by Crippen LogP contribution is 2.71. The standard InChI is InChI=1S/C27H25F3N6O/c1-4-36-23-14-7-20(25(31)32-10-14)37-13(2)17-8-15(28)5-6-16(17)22-19(11-35(3)33-22)18-9-26(12-27(26,29)30)24(34-36)21(18)23/h5-8,10-11,13,18H,4,9,12H2,1-3H3,(H2,31,32)/t13-,18-,26?/m1/s1. The Bertz CT molecular complexity index is 1610. The van der Waals surface area contributed by atoms with Crippen molar-refractivity contribution in [2.75, 3.05) is 5.73 Å². The summed E-state index contributed by atoms with van der Waals surface area (Å²) < 4.78 is 54.3. The molecule has 1 saturated carbocycles. The second kappa shape index (κ2) is 7.14. The third kappa shape index (κ3) is 2.92. The van der Waals surface area contributed by atoms with Gasteiger partial charge < -0.3 is 10.5 Å². The van der Waals surface area contributed by atoms with Crippen molar-refractivity contribution in [3.05, 3.63) is 64.9 Å². The molecule has 190 valence electrons. The van der Waals surface area contributed by atoms with Gasteiger partial charge in [-0.25, -0.2) is 18.2 Å². The molecule has 4 heterocycles. The van der Waals surface area contributed by atoms with Crippen LogP contribution >= 0.6 is 0 Å². The molecule has 3 aliphatic rings. The molecule has 2 N–H and O–H groups in total. The van der Waals surface area contributed by atoms with Gasteiger partial charge in [-0.15, -0.1) is 0 Å². The van der Waals surface area contributed by atoms with Gasteiger partial charge in [0.15, 0.2) is 11.6 Å². The molecule has 1 spiro atoms. The zero-order valence-electron chi connectivity index (χ0n) is 20.6. The van der Waals surface area contributed by atoms with E-state index in [1.165, 1.54) is 12.1 Å². The Kier molecular flexibility index (Phi) is 4.32. The van der Waals surface area contributed by atoms with Gasteiger partial charge in [-0.05, 0) is 44.5 Å². The van der Waals surface area contributed by atoms with Crippen molar-refractivity contribution in [2.45, 2.75) is 56.6 Å². The molecule has 0 saturated heterocycles. The Balaban J connectivity index is 1.59. The molecule has 0 radical (unpaired) electrons. The zero-order chi connectivity index (χ0) is 25.9.